The normalized spacial score (nSPS) is 13.8. The Hall–Kier alpha value is -4.35. The predicted octanol–water partition coefficient (Wildman–Crippen LogP) is 6.32. The first-order valence-electron chi connectivity index (χ1n) is 12.6. The molecule has 1 aliphatic carbocycles. The van der Waals surface area contributed by atoms with Crippen molar-refractivity contribution in [3.8, 4) is 16.9 Å². The molecule has 12 heteroatoms. The predicted molar refractivity (Wildman–Crippen MR) is 156 cm³/mol. The number of anilines is 2. The molecule has 1 fully saturated rings. The molecule has 0 bridgehead atoms. The molecular weight excluding hydrogens is 570 g/mol. The lowest BCUT2D eigenvalue weighted by molar-refractivity contribution is 0.386. The van der Waals surface area contributed by atoms with Crippen LogP contribution in [0.25, 0.3) is 16.0 Å². The van der Waals surface area contributed by atoms with Gasteiger partial charge in [-0.3, -0.25) is 14.6 Å². The monoisotopic (exact) mass is 592 g/mol. The smallest absolute Gasteiger partial charge is 0.265 e. The van der Waals surface area contributed by atoms with Gasteiger partial charge < -0.3 is 15.8 Å². The number of hydrogen-bond donors (Lipinski definition) is 3. The fourth-order valence-corrected chi connectivity index (χ4v) is 6.14. The van der Waals surface area contributed by atoms with E-state index in [1.807, 2.05) is 6.07 Å². The summed E-state index contributed by atoms with van der Waals surface area (Å²) in [6.07, 6.45) is 3.03. The highest BCUT2D eigenvalue weighted by Crippen LogP contribution is 2.46. The van der Waals surface area contributed by atoms with Crippen molar-refractivity contribution in [2.75, 3.05) is 18.2 Å². The lowest BCUT2D eigenvalue weighted by Gasteiger charge is -2.24. The quantitative estimate of drug-likeness (QED) is 0.181. The van der Waals surface area contributed by atoms with Crippen molar-refractivity contribution in [1.29, 1.82) is 5.41 Å². The first-order valence-corrected chi connectivity index (χ1v) is 13.9. The van der Waals surface area contributed by atoms with Crippen molar-refractivity contribution in [3.63, 3.8) is 0 Å². The van der Waals surface area contributed by atoms with Gasteiger partial charge in [-0.2, -0.15) is 0 Å². The Morgan fingerprint density at radius 3 is 2.73 bits per heavy atom. The van der Waals surface area contributed by atoms with E-state index in [4.69, 9.17) is 27.5 Å². The van der Waals surface area contributed by atoms with E-state index in [-0.39, 0.29) is 50.9 Å². The molecule has 0 aliphatic heterocycles. The van der Waals surface area contributed by atoms with Gasteiger partial charge in [0.25, 0.3) is 5.56 Å². The van der Waals surface area contributed by atoms with Gasteiger partial charge in [0.1, 0.15) is 33.8 Å². The molecule has 208 valence electrons. The summed E-state index contributed by atoms with van der Waals surface area (Å²) >= 11 is 7.68. The topological polar surface area (TPSA) is 118 Å². The fourth-order valence-electron chi connectivity index (χ4n) is 4.98. The average molecular weight is 593 g/mol. The third-order valence-electron chi connectivity index (χ3n) is 7.10. The second-order valence-corrected chi connectivity index (χ2v) is 11.0. The average Bonchev–Trinajstić information content (AvgIpc) is 3.72. The molecule has 0 radical (unpaired) electrons. The highest BCUT2D eigenvalue weighted by atomic mass is 35.5. The van der Waals surface area contributed by atoms with Crippen LogP contribution in [-0.2, 0) is 0 Å². The summed E-state index contributed by atoms with van der Waals surface area (Å²) in [6.45, 7) is 0. The molecule has 4 N–H and O–H groups in total. The number of aromatic nitrogens is 3. The zero-order chi connectivity index (χ0) is 28.8. The van der Waals surface area contributed by atoms with Gasteiger partial charge in [0.2, 0.25) is 0 Å². The van der Waals surface area contributed by atoms with Gasteiger partial charge in [0, 0.05) is 10.9 Å². The molecule has 6 rings (SSSR count). The van der Waals surface area contributed by atoms with Crippen LogP contribution >= 0.6 is 22.9 Å². The Morgan fingerprint density at radius 2 is 2.02 bits per heavy atom. The molecular formula is C29H23ClF2N6O2S. The molecule has 0 unspecified atom stereocenters. The molecule has 0 spiro atoms. The van der Waals surface area contributed by atoms with Crippen LogP contribution in [0.5, 0.6) is 5.75 Å². The number of nitrogens with two attached hydrogens (primary N) is 1. The van der Waals surface area contributed by atoms with Crippen LogP contribution in [0.2, 0.25) is 5.15 Å². The maximum absolute atomic E-state index is 14.5. The van der Waals surface area contributed by atoms with Gasteiger partial charge in [0.15, 0.2) is 11.6 Å². The standard InChI is InChI=1S/C29H23ClF2N6O2S/c1-40-20-8-7-16(10-19(20)32)25(33)24-27(34)35-13-36-28(24)37-26(14-5-6-14)18-11-22-38(21(30)12-41-22)29(39)23(18)15-3-2-4-17(31)9-15/h2-4,7-14,26,33H,5-6H2,1H3,(H3,34,35,36,37)/t26-/m0/s1. The molecule has 0 amide bonds. The molecule has 0 saturated heterocycles. The van der Waals surface area contributed by atoms with E-state index in [0.717, 1.165) is 12.8 Å². The van der Waals surface area contributed by atoms with Crippen LogP contribution < -0.4 is 21.3 Å². The van der Waals surface area contributed by atoms with Gasteiger partial charge in [0.05, 0.1) is 30.0 Å². The molecule has 1 aliphatic rings. The van der Waals surface area contributed by atoms with E-state index < -0.39 is 17.7 Å². The highest BCUT2D eigenvalue weighted by Gasteiger charge is 2.36. The molecule has 2 aromatic carbocycles. The number of fused-ring (bicyclic) bond motifs is 1. The van der Waals surface area contributed by atoms with Crippen molar-refractivity contribution in [1.82, 2.24) is 14.4 Å². The minimum absolute atomic E-state index is 0.0317. The summed E-state index contributed by atoms with van der Waals surface area (Å²) < 4.78 is 35.3. The second-order valence-electron chi connectivity index (χ2n) is 9.69. The first-order chi connectivity index (χ1) is 19.8. The number of nitrogens with one attached hydrogen (secondary N) is 2. The van der Waals surface area contributed by atoms with Crippen molar-refractivity contribution in [2.24, 2.45) is 5.92 Å². The molecule has 3 heterocycles. The molecule has 1 atom stereocenters. The number of ether oxygens (including phenoxy) is 1. The minimum Gasteiger partial charge on any atom is -0.494 e. The molecule has 3 aromatic heterocycles. The van der Waals surface area contributed by atoms with Crippen LogP contribution in [0.3, 0.4) is 0 Å². The van der Waals surface area contributed by atoms with Crippen molar-refractivity contribution < 1.29 is 13.5 Å². The number of rotatable bonds is 8. The number of methoxy groups -OCH3 is 1. The zero-order valence-corrected chi connectivity index (χ0v) is 23.2. The third kappa shape index (κ3) is 4.91. The Kier molecular flexibility index (Phi) is 6.92. The van der Waals surface area contributed by atoms with Gasteiger partial charge in [-0.15, -0.1) is 11.3 Å². The fraction of sp³-hybridized carbons (Fsp3) is 0.172. The number of thiazole rings is 1. The Labute approximate surface area is 241 Å². The summed E-state index contributed by atoms with van der Waals surface area (Å²) in [4.78, 5) is 23.0. The van der Waals surface area contributed by atoms with Gasteiger partial charge in [-0.25, -0.2) is 18.7 Å². The van der Waals surface area contributed by atoms with E-state index in [9.17, 15) is 13.6 Å². The summed E-state index contributed by atoms with van der Waals surface area (Å²) in [5, 5.41) is 14.2. The number of halogens is 3. The maximum Gasteiger partial charge on any atom is 0.265 e. The van der Waals surface area contributed by atoms with E-state index in [1.54, 1.807) is 23.6 Å². The highest BCUT2D eigenvalue weighted by molar-refractivity contribution is 7.16. The van der Waals surface area contributed by atoms with Gasteiger partial charge in [-0.05, 0) is 66.3 Å². The number of nitrogen functional groups attached to an aromatic ring is 1. The van der Waals surface area contributed by atoms with Crippen molar-refractivity contribution in [2.45, 2.75) is 18.9 Å². The Morgan fingerprint density at radius 1 is 1.22 bits per heavy atom. The summed E-state index contributed by atoms with van der Waals surface area (Å²) in [7, 11) is 1.36. The minimum atomic E-state index is -0.626. The Balaban J connectivity index is 1.50. The molecule has 5 aromatic rings. The number of benzene rings is 2. The maximum atomic E-state index is 14.5. The van der Waals surface area contributed by atoms with E-state index in [1.165, 1.54) is 53.4 Å². The van der Waals surface area contributed by atoms with Gasteiger partial charge >= 0.3 is 0 Å². The van der Waals surface area contributed by atoms with Crippen molar-refractivity contribution >= 4 is 45.1 Å². The number of nitrogens with zero attached hydrogens (tertiary/aromatic N) is 3. The van der Waals surface area contributed by atoms with Crippen molar-refractivity contribution in [3.05, 3.63) is 104 Å². The SMILES string of the molecule is COc1ccc(C(=N)c2c(N)ncnc2N[C@H](c2cc3scc(Cl)n3c(=O)c2-c2cccc(F)c2)C2CC2)cc1F. The largest absolute Gasteiger partial charge is 0.494 e. The van der Waals surface area contributed by atoms with E-state index >= 15 is 0 Å². The molecule has 1 saturated carbocycles. The lowest BCUT2D eigenvalue weighted by atomic mass is 9.93. The summed E-state index contributed by atoms with van der Waals surface area (Å²) in [5.41, 5.74) is 7.59. The van der Waals surface area contributed by atoms with Crippen LogP contribution in [0, 0.1) is 23.0 Å². The van der Waals surface area contributed by atoms with Crippen LogP contribution in [0.15, 0.2) is 65.0 Å². The second kappa shape index (κ2) is 10.6. The summed E-state index contributed by atoms with van der Waals surface area (Å²) in [5.74, 6) is -0.646. The molecule has 8 nitrogen and oxygen atoms in total. The Bertz CT molecular complexity index is 1890. The van der Waals surface area contributed by atoms with Crippen LogP contribution in [0.1, 0.15) is 35.6 Å². The molecule has 41 heavy (non-hydrogen) atoms. The van der Waals surface area contributed by atoms with E-state index in [0.29, 0.717) is 21.5 Å². The number of pyridine rings is 1. The zero-order valence-electron chi connectivity index (χ0n) is 21.6. The van der Waals surface area contributed by atoms with Crippen LogP contribution in [-0.4, -0.2) is 27.2 Å². The van der Waals surface area contributed by atoms with Crippen LogP contribution in [0.4, 0.5) is 20.4 Å². The lowest BCUT2D eigenvalue weighted by Crippen LogP contribution is -2.24. The number of hydrogen-bond acceptors (Lipinski definition) is 8. The summed E-state index contributed by atoms with van der Waals surface area (Å²) in [6, 6.07) is 11.5. The first kappa shape index (κ1) is 26.9. The third-order valence-corrected chi connectivity index (χ3v) is 8.39. The van der Waals surface area contributed by atoms with Gasteiger partial charge in [-0.1, -0.05) is 23.7 Å². The van der Waals surface area contributed by atoms with E-state index in [2.05, 4.69) is 15.3 Å².